The fourth-order valence-corrected chi connectivity index (χ4v) is 1.54. The van der Waals surface area contributed by atoms with Gasteiger partial charge in [0.1, 0.15) is 11.7 Å². The molecule has 2 amide bonds. The fourth-order valence-electron chi connectivity index (χ4n) is 1.54. The molecule has 0 saturated heterocycles. The van der Waals surface area contributed by atoms with Crippen LogP contribution in [-0.2, 0) is 24.1 Å². The zero-order chi connectivity index (χ0) is 19.0. The zero-order valence-corrected chi connectivity index (χ0v) is 14.8. The van der Waals surface area contributed by atoms with Gasteiger partial charge in [-0.15, -0.1) is 0 Å². The van der Waals surface area contributed by atoms with Gasteiger partial charge in [-0.05, 0) is 41.5 Å². The summed E-state index contributed by atoms with van der Waals surface area (Å²) in [4.78, 5) is 43.6. The summed E-state index contributed by atoms with van der Waals surface area (Å²) >= 11 is 0. The lowest BCUT2D eigenvalue weighted by atomic mass is 10.0. The Hall–Kier alpha value is -2.13. The first-order valence-corrected chi connectivity index (χ1v) is 7.35. The molecule has 3 N–H and O–H groups in total. The van der Waals surface area contributed by atoms with Gasteiger partial charge in [-0.1, -0.05) is 0 Å². The first-order valence-electron chi connectivity index (χ1n) is 7.35. The summed E-state index contributed by atoms with van der Waals surface area (Å²) < 4.78 is 5.12. The van der Waals surface area contributed by atoms with Gasteiger partial charge in [-0.3, -0.25) is 10.2 Å². The van der Waals surface area contributed by atoms with Crippen LogP contribution in [0.3, 0.4) is 0 Å². The summed E-state index contributed by atoms with van der Waals surface area (Å²) in [5, 5.41) is 8.30. The minimum atomic E-state index is -1.42. The van der Waals surface area contributed by atoms with Crippen molar-refractivity contribution in [3.05, 3.63) is 12.2 Å². The molecule has 0 spiro atoms. The third-order valence-electron chi connectivity index (χ3n) is 2.28. The van der Waals surface area contributed by atoms with Gasteiger partial charge >= 0.3 is 12.1 Å². The summed E-state index contributed by atoms with van der Waals surface area (Å²) in [7, 11) is 0. The SMILES string of the molecule is CC(CC(C)(C)OOC(C)(C)C)OC(=O)/C=C\C(=O)NNC(=O)O. The molecule has 0 aromatic heterocycles. The van der Waals surface area contributed by atoms with Gasteiger partial charge in [-0.25, -0.2) is 24.8 Å². The highest BCUT2D eigenvalue weighted by molar-refractivity contribution is 5.94. The maximum absolute atomic E-state index is 11.6. The third-order valence-corrected chi connectivity index (χ3v) is 2.28. The Kier molecular flexibility index (Phi) is 8.42. The molecule has 138 valence electrons. The molecule has 0 aromatic carbocycles. The summed E-state index contributed by atoms with van der Waals surface area (Å²) in [5.41, 5.74) is 2.35. The van der Waals surface area contributed by atoms with Crippen molar-refractivity contribution in [3.8, 4) is 0 Å². The molecular formula is C15H26N2O7. The first kappa shape index (κ1) is 21.9. The van der Waals surface area contributed by atoms with E-state index in [4.69, 9.17) is 19.6 Å². The normalized spacial score (nSPS) is 13.4. The highest BCUT2D eigenvalue weighted by Gasteiger charge is 2.27. The van der Waals surface area contributed by atoms with Gasteiger partial charge < -0.3 is 9.84 Å². The van der Waals surface area contributed by atoms with E-state index >= 15 is 0 Å². The molecular weight excluding hydrogens is 320 g/mol. The van der Waals surface area contributed by atoms with Gasteiger partial charge in [0.15, 0.2) is 0 Å². The highest BCUT2D eigenvalue weighted by Crippen LogP contribution is 2.22. The Morgan fingerprint density at radius 2 is 1.62 bits per heavy atom. The van der Waals surface area contributed by atoms with Gasteiger partial charge in [-0.2, -0.15) is 0 Å². The summed E-state index contributed by atoms with van der Waals surface area (Å²) in [5.74, 6) is -1.54. The molecule has 0 bridgehead atoms. The smallest absolute Gasteiger partial charge is 0.423 e. The van der Waals surface area contributed by atoms with Crippen molar-refractivity contribution < 1.29 is 34.0 Å². The number of rotatable bonds is 7. The van der Waals surface area contributed by atoms with Crippen LogP contribution >= 0.6 is 0 Å². The number of hydrogen-bond acceptors (Lipinski definition) is 6. The Morgan fingerprint density at radius 3 is 2.12 bits per heavy atom. The first-order chi connectivity index (χ1) is 10.8. The minimum Gasteiger partial charge on any atom is -0.464 e. The average Bonchev–Trinajstić information content (AvgIpc) is 2.39. The Bertz CT molecular complexity index is 481. The largest absolute Gasteiger partial charge is 0.464 e. The number of hydrogen-bond donors (Lipinski definition) is 3. The molecule has 1 atom stereocenters. The molecule has 0 fully saturated rings. The molecule has 1 unspecified atom stereocenters. The van der Waals surface area contributed by atoms with Crippen LogP contribution in [-0.4, -0.2) is 40.4 Å². The molecule has 0 aliphatic carbocycles. The number of nitrogens with one attached hydrogen (secondary N) is 2. The molecule has 0 saturated carbocycles. The van der Waals surface area contributed by atoms with E-state index in [0.29, 0.717) is 6.42 Å². The zero-order valence-electron chi connectivity index (χ0n) is 14.8. The van der Waals surface area contributed by atoms with Gasteiger partial charge in [0.05, 0.1) is 5.60 Å². The molecule has 0 aliphatic rings. The second-order valence-corrected chi connectivity index (χ2v) is 6.74. The van der Waals surface area contributed by atoms with E-state index in [1.807, 2.05) is 26.2 Å². The van der Waals surface area contributed by atoms with Crippen LogP contribution < -0.4 is 10.9 Å². The minimum absolute atomic E-state index is 0.370. The van der Waals surface area contributed by atoms with Crippen molar-refractivity contribution in [2.75, 3.05) is 0 Å². The van der Waals surface area contributed by atoms with Crippen LogP contribution in [0.4, 0.5) is 4.79 Å². The van der Waals surface area contributed by atoms with Crippen molar-refractivity contribution in [3.63, 3.8) is 0 Å². The molecule has 0 rings (SSSR count). The number of ether oxygens (including phenoxy) is 1. The molecule has 0 radical (unpaired) electrons. The average molecular weight is 346 g/mol. The van der Waals surface area contributed by atoms with Crippen LogP contribution in [0.2, 0.25) is 0 Å². The topological polar surface area (TPSA) is 123 Å². The van der Waals surface area contributed by atoms with E-state index in [0.717, 1.165) is 12.2 Å². The second kappa shape index (κ2) is 9.24. The van der Waals surface area contributed by atoms with Crippen LogP contribution in [0.25, 0.3) is 0 Å². The number of hydrazine groups is 1. The lowest BCUT2D eigenvalue weighted by Gasteiger charge is -2.30. The number of carboxylic acid groups (broad SMARTS) is 1. The van der Waals surface area contributed by atoms with Crippen LogP contribution in [0.5, 0.6) is 0 Å². The molecule has 9 nitrogen and oxygen atoms in total. The third kappa shape index (κ3) is 12.4. The van der Waals surface area contributed by atoms with Crippen molar-refractivity contribution in [1.29, 1.82) is 0 Å². The van der Waals surface area contributed by atoms with Gasteiger partial charge in [0, 0.05) is 18.6 Å². The standard InChI is InChI=1S/C15H26N2O7/c1-10(9-15(5,6)24-23-14(2,3)4)22-12(19)8-7-11(18)16-17-13(20)21/h7-8,10,17H,9H2,1-6H3,(H,16,18)(H,20,21)/b8-7-. The lowest BCUT2D eigenvalue weighted by molar-refractivity contribution is -0.399. The Balaban J connectivity index is 4.30. The van der Waals surface area contributed by atoms with Crippen molar-refractivity contribution in [2.45, 2.75) is 65.3 Å². The summed E-state index contributed by atoms with van der Waals surface area (Å²) in [6.07, 6.45) is 0.216. The van der Waals surface area contributed by atoms with E-state index in [2.05, 4.69) is 0 Å². The maximum Gasteiger partial charge on any atom is 0.423 e. The number of carbonyl (C=O) groups is 3. The van der Waals surface area contributed by atoms with E-state index in [1.165, 1.54) is 0 Å². The number of carbonyl (C=O) groups excluding carboxylic acids is 2. The van der Waals surface area contributed by atoms with Crippen molar-refractivity contribution >= 4 is 18.0 Å². The molecule has 0 aliphatic heterocycles. The van der Waals surface area contributed by atoms with E-state index in [9.17, 15) is 14.4 Å². The fraction of sp³-hybridized carbons (Fsp3) is 0.667. The van der Waals surface area contributed by atoms with E-state index in [-0.39, 0.29) is 0 Å². The summed E-state index contributed by atoms with van der Waals surface area (Å²) in [6, 6.07) is 0. The van der Waals surface area contributed by atoms with Crippen molar-refractivity contribution in [2.24, 2.45) is 0 Å². The molecule has 9 heteroatoms. The summed E-state index contributed by atoms with van der Waals surface area (Å²) in [6.45, 7) is 10.8. The Morgan fingerprint density at radius 1 is 1.04 bits per heavy atom. The maximum atomic E-state index is 11.6. The van der Waals surface area contributed by atoms with E-state index in [1.54, 1.807) is 26.2 Å². The van der Waals surface area contributed by atoms with Gasteiger partial charge in [0.25, 0.3) is 5.91 Å². The highest BCUT2D eigenvalue weighted by atomic mass is 17.2. The van der Waals surface area contributed by atoms with Crippen LogP contribution in [0, 0.1) is 0 Å². The predicted octanol–water partition coefficient (Wildman–Crippen LogP) is 1.69. The van der Waals surface area contributed by atoms with Crippen LogP contribution in [0.1, 0.15) is 48.0 Å². The van der Waals surface area contributed by atoms with Crippen LogP contribution in [0.15, 0.2) is 12.2 Å². The monoisotopic (exact) mass is 346 g/mol. The molecule has 0 aromatic rings. The Labute approximate surface area is 141 Å². The van der Waals surface area contributed by atoms with Crippen molar-refractivity contribution in [1.82, 2.24) is 10.9 Å². The molecule has 0 heterocycles. The molecule has 24 heavy (non-hydrogen) atoms. The predicted molar refractivity (Wildman–Crippen MR) is 84.6 cm³/mol. The number of esters is 1. The van der Waals surface area contributed by atoms with Gasteiger partial charge in [0.2, 0.25) is 0 Å². The lowest BCUT2D eigenvalue weighted by Crippen LogP contribution is -2.39. The quantitative estimate of drug-likeness (QED) is 0.277. The number of amides is 2. The second-order valence-electron chi connectivity index (χ2n) is 6.74. The van der Waals surface area contributed by atoms with E-state index < -0.39 is 35.3 Å².